The Hall–Kier alpha value is -1.32. The summed E-state index contributed by atoms with van der Waals surface area (Å²) in [6.45, 7) is 9.34. The van der Waals surface area contributed by atoms with E-state index in [4.69, 9.17) is 5.26 Å². The van der Waals surface area contributed by atoms with Gasteiger partial charge in [0.1, 0.15) is 6.07 Å². The number of hydrogen-bond donors (Lipinski definition) is 1. The van der Waals surface area contributed by atoms with Crippen LogP contribution < -0.4 is 0 Å². The number of nitrogens with zero attached hydrogens (tertiary/aromatic N) is 3. The summed E-state index contributed by atoms with van der Waals surface area (Å²) in [7, 11) is 0. The second-order valence-electron chi connectivity index (χ2n) is 12.7. The Kier molecular flexibility index (Phi) is 6.43. The second kappa shape index (κ2) is 8.96. The third kappa shape index (κ3) is 4.26. The second-order valence-corrected chi connectivity index (χ2v) is 14.5. The quantitative estimate of drug-likeness (QED) is 0.601. The lowest BCUT2D eigenvalue weighted by Gasteiger charge is -2.57. The average molecular weight is 484 g/mol. The molecule has 5 rings (SSSR count). The molecule has 0 radical (unpaired) electrons. The van der Waals surface area contributed by atoms with Gasteiger partial charge in [0.05, 0.1) is 23.9 Å². The van der Waals surface area contributed by atoms with E-state index in [2.05, 4.69) is 43.7 Å². The maximum absolute atomic E-state index is 13.7. The van der Waals surface area contributed by atoms with E-state index < -0.39 is 5.60 Å². The van der Waals surface area contributed by atoms with E-state index in [-0.39, 0.29) is 17.9 Å². The Labute approximate surface area is 209 Å². The van der Waals surface area contributed by atoms with Gasteiger partial charge >= 0.3 is 0 Å². The number of carbonyl (C=O) groups excluding carboxylic acids is 1. The molecular weight excluding hydrogens is 442 g/mol. The number of rotatable bonds is 5. The monoisotopic (exact) mass is 483 g/mol. The summed E-state index contributed by atoms with van der Waals surface area (Å²) in [5.74, 6) is 3.90. The fourth-order valence-electron chi connectivity index (χ4n) is 8.88. The van der Waals surface area contributed by atoms with Crippen molar-refractivity contribution in [1.29, 1.82) is 5.26 Å². The van der Waals surface area contributed by atoms with E-state index in [0.717, 1.165) is 37.5 Å². The van der Waals surface area contributed by atoms with E-state index in [1.807, 2.05) is 6.92 Å². The number of carbonyl (C=O) groups is 1. The normalized spacial score (nSPS) is 43.6. The molecule has 1 aromatic rings. The third-order valence-corrected chi connectivity index (χ3v) is 11.5. The first-order chi connectivity index (χ1) is 16.1. The van der Waals surface area contributed by atoms with E-state index in [9.17, 15) is 9.90 Å². The van der Waals surface area contributed by atoms with Crippen LogP contribution in [0.2, 0.25) is 0 Å². The van der Waals surface area contributed by atoms with Crippen molar-refractivity contribution < 1.29 is 9.90 Å². The van der Waals surface area contributed by atoms with Crippen molar-refractivity contribution in [2.24, 2.45) is 40.9 Å². The molecule has 0 aromatic carbocycles. The van der Waals surface area contributed by atoms with Gasteiger partial charge in [-0.2, -0.15) is 22.1 Å². The van der Waals surface area contributed by atoms with Crippen molar-refractivity contribution in [1.82, 2.24) is 9.78 Å². The van der Waals surface area contributed by atoms with Crippen LogP contribution in [0.3, 0.4) is 0 Å². The molecule has 0 saturated heterocycles. The van der Waals surface area contributed by atoms with Crippen molar-refractivity contribution in [2.75, 3.05) is 0 Å². The smallest absolute Gasteiger partial charge is 0.157 e. The molecule has 5 nitrogen and oxygen atoms in total. The third-order valence-electron chi connectivity index (χ3n) is 10.1. The minimum Gasteiger partial charge on any atom is -0.390 e. The first-order valence-corrected chi connectivity index (χ1v) is 14.4. The van der Waals surface area contributed by atoms with Crippen LogP contribution in [0.5, 0.6) is 0 Å². The van der Waals surface area contributed by atoms with E-state index >= 15 is 0 Å². The molecule has 9 atom stereocenters. The molecule has 4 saturated carbocycles. The van der Waals surface area contributed by atoms with Crippen molar-refractivity contribution in [2.45, 2.75) is 102 Å². The number of thioether (sulfide) groups is 1. The number of ketones is 1. The molecule has 0 aliphatic heterocycles. The summed E-state index contributed by atoms with van der Waals surface area (Å²) < 4.78 is 1.66. The number of hydrogen-bond acceptors (Lipinski definition) is 5. The predicted molar refractivity (Wildman–Crippen MR) is 135 cm³/mol. The van der Waals surface area contributed by atoms with Gasteiger partial charge in [-0.05, 0) is 98.5 Å². The van der Waals surface area contributed by atoms with E-state index in [0.29, 0.717) is 39.6 Å². The number of nitriles is 1. The Morgan fingerprint density at radius 2 is 2.00 bits per heavy atom. The van der Waals surface area contributed by atoms with E-state index in [1.165, 1.54) is 25.7 Å². The standard InChI is InChI=1S/C28H41N3O2S/c1-17(2)34-25-11-23(24(32)16-31-15-18(13-29)14-30-31)28(4)10-8-21-20-7-9-27(3,33)12-19(20)5-6-22(21)26(25)28/h14-15,17,19-23,25-26,33H,5-12,16H2,1-4H3/t19-,20+,21-,22-,23-,25?,26-,27-,28-/m1/s1. The topological polar surface area (TPSA) is 78.9 Å². The Balaban J connectivity index is 1.39. The molecule has 0 spiro atoms. The zero-order valence-electron chi connectivity index (χ0n) is 21.2. The van der Waals surface area contributed by atoms with Crippen molar-refractivity contribution >= 4 is 17.5 Å². The summed E-state index contributed by atoms with van der Waals surface area (Å²) in [6.07, 6.45) is 12.2. The largest absolute Gasteiger partial charge is 0.390 e. The number of Topliss-reactive ketones (excluding diaryl/α,β-unsaturated/α-hetero) is 1. The van der Waals surface area contributed by atoms with Crippen molar-refractivity contribution in [3.63, 3.8) is 0 Å². The Bertz CT molecular complexity index is 965. The van der Waals surface area contributed by atoms with Gasteiger partial charge in [-0.1, -0.05) is 20.8 Å². The zero-order chi connectivity index (χ0) is 24.3. The van der Waals surface area contributed by atoms with Crippen LogP contribution in [0.15, 0.2) is 12.4 Å². The zero-order valence-corrected chi connectivity index (χ0v) is 22.1. The predicted octanol–water partition coefficient (Wildman–Crippen LogP) is 5.46. The van der Waals surface area contributed by atoms with Gasteiger partial charge in [0, 0.05) is 17.4 Å². The Morgan fingerprint density at radius 3 is 2.71 bits per heavy atom. The molecule has 1 heterocycles. The van der Waals surface area contributed by atoms with Crippen LogP contribution in [0, 0.1) is 52.3 Å². The summed E-state index contributed by atoms with van der Waals surface area (Å²) in [4.78, 5) is 13.7. The molecule has 1 unspecified atom stereocenters. The molecule has 186 valence electrons. The van der Waals surface area contributed by atoms with Crippen LogP contribution >= 0.6 is 11.8 Å². The SMILES string of the molecule is CC(C)SC1C[C@H](C(=O)Cn2cc(C#N)cn2)[C@@]2(C)CC[C@H]3[C@@H](CC[C@@H]4C[C@](C)(O)CC[C@@H]43)[C@H]12. The Morgan fingerprint density at radius 1 is 1.24 bits per heavy atom. The minimum absolute atomic E-state index is 0.0585. The van der Waals surface area contributed by atoms with Gasteiger partial charge in [-0.15, -0.1) is 0 Å². The summed E-state index contributed by atoms with van der Waals surface area (Å²) in [5, 5.41) is 25.2. The molecular formula is C28H41N3O2S. The van der Waals surface area contributed by atoms with Crippen LogP contribution in [-0.4, -0.2) is 36.8 Å². The number of fused-ring (bicyclic) bond motifs is 5. The molecule has 0 bridgehead atoms. The first kappa shape index (κ1) is 24.4. The van der Waals surface area contributed by atoms with Gasteiger partial charge in [-0.25, -0.2) is 0 Å². The highest BCUT2D eigenvalue weighted by Gasteiger charge is 2.62. The average Bonchev–Trinajstić information content (AvgIpc) is 3.34. The molecule has 6 heteroatoms. The van der Waals surface area contributed by atoms with Crippen molar-refractivity contribution in [3.05, 3.63) is 18.0 Å². The van der Waals surface area contributed by atoms with Crippen LogP contribution in [0.4, 0.5) is 0 Å². The van der Waals surface area contributed by atoms with E-state index in [1.54, 1.807) is 17.1 Å². The molecule has 4 aliphatic rings. The lowest BCUT2D eigenvalue weighted by Crippen LogP contribution is -2.52. The fraction of sp³-hybridized carbons (Fsp3) is 0.821. The molecule has 4 aliphatic carbocycles. The lowest BCUT2D eigenvalue weighted by molar-refractivity contribution is -0.133. The molecule has 1 N–H and O–H groups in total. The molecule has 34 heavy (non-hydrogen) atoms. The molecule has 1 aromatic heterocycles. The van der Waals surface area contributed by atoms with Crippen LogP contribution in [0.1, 0.15) is 84.6 Å². The van der Waals surface area contributed by atoms with Gasteiger partial charge in [0.15, 0.2) is 5.78 Å². The minimum atomic E-state index is -0.476. The first-order valence-electron chi connectivity index (χ1n) is 13.4. The number of aliphatic hydroxyl groups is 1. The van der Waals surface area contributed by atoms with Crippen molar-refractivity contribution in [3.8, 4) is 6.07 Å². The highest BCUT2D eigenvalue weighted by atomic mass is 32.2. The highest BCUT2D eigenvalue weighted by molar-refractivity contribution is 8.00. The summed E-state index contributed by atoms with van der Waals surface area (Å²) in [6, 6.07) is 2.12. The lowest BCUT2D eigenvalue weighted by atomic mass is 9.49. The maximum Gasteiger partial charge on any atom is 0.157 e. The summed E-state index contributed by atoms with van der Waals surface area (Å²) >= 11 is 2.11. The highest BCUT2D eigenvalue weighted by Crippen LogP contribution is 2.66. The maximum atomic E-state index is 13.7. The van der Waals surface area contributed by atoms with Crippen LogP contribution in [0.25, 0.3) is 0 Å². The fourth-order valence-corrected chi connectivity index (χ4v) is 10.6. The van der Waals surface area contributed by atoms with Gasteiger partial charge in [0.2, 0.25) is 0 Å². The van der Waals surface area contributed by atoms with Gasteiger partial charge < -0.3 is 5.11 Å². The number of aromatic nitrogens is 2. The van der Waals surface area contributed by atoms with Gasteiger partial charge in [-0.3, -0.25) is 9.48 Å². The van der Waals surface area contributed by atoms with Gasteiger partial charge in [0.25, 0.3) is 0 Å². The summed E-state index contributed by atoms with van der Waals surface area (Å²) in [5.41, 5.74) is 0.0965. The van der Waals surface area contributed by atoms with Crippen LogP contribution in [-0.2, 0) is 11.3 Å². The molecule has 0 amide bonds. The molecule has 4 fully saturated rings.